The topological polar surface area (TPSA) is 126 Å². The van der Waals surface area contributed by atoms with Gasteiger partial charge in [0.2, 0.25) is 11.8 Å². The van der Waals surface area contributed by atoms with Crippen LogP contribution in [0.3, 0.4) is 0 Å². The van der Waals surface area contributed by atoms with E-state index in [1.165, 1.54) is 11.0 Å². The second kappa shape index (κ2) is 18.8. The van der Waals surface area contributed by atoms with Gasteiger partial charge in [0.15, 0.2) is 0 Å². The molecule has 41 heavy (non-hydrogen) atoms. The van der Waals surface area contributed by atoms with Crippen LogP contribution in [0.4, 0.5) is 5.69 Å². The SMILES string of the molecule is C=N/C=C(C#CCCCNC(=O)CN(C)C(=O)/C=C/CN(C)C)\C(=N/CNc1cccc(C#N)c1)N1CCOCC1. The number of morpholine rings is 1. The molecule has 0 unspecified atom stereocenters. The number of unbranched alkanes of at least 4 members (excludes halogenated alkanes) is 1. The maximum Gasteiger partial charge on any atom is 0.246 e. The number of nitrogens with one attached hydrogen (secondary N) is 2. The predicted octanol–water partition coefficient (Wildman–Crippen LogP) is 1.72. The summed E-state index contributed by atoms with van der Waals surface area (Å²) in [4.78, 5) is 38.4. The molecule has 1 aliphatic rings. The maximum atomic E-state index is 12.2. The lowest BCUT2D eigenvalue weighted by Crippen LogP contribution is -2.41. The highest BCUT2D eigenvalue weighted by atomic mass is 16.5. The lowest BCUT2D eigenvalue weighted by Gasteiger charge is -2.30. The molecule has 0 atom stereocenters. The van der Waals surface area contributed by atoms with Crippen LogP contribution >= 0.6 is 0 Å². The maximum absolute atomic E-state index is 12.2. The molecule has 0 spiro atoms. The lowest BCUT2D eigenvalue weighted by atomic mass is 10.2. The summed E-state index contributed by atoms with van der Waals surface area (Å²) in [6.45, 7) is 7.49. The van der Waals surface area contributed by atoms with Gasteiger partial charge in [0.05, 0.1) is 37.0 Å². The van der Waals surface area contributed by atoms with Gasteiger partial charge in [-0.25, -0.2) is 4.99 Å². The van der Waals surface area contributed by atoms with E-state index < -0.39 is 0 Å². The molecule has 0 radical (unpaired) electrons. The van der Waals surface area contributed by atoms with Gasteiger partial charge in [-0.3, -0.25) is 14.6 Å². The van der Waals surface area contributed by atoms with Gasteiger partial charge in [0, 0.05) is 57.6 Å². The molecule has 0 saturated carbocycles. The summed E-state index contributed by atoms with van der Waals surface area (Å²) >= 11 is 0. The molecule has 11 heteroatoms. The third kappa shape index (κ3) is 13.0. The summed E-state index contributed by atoms with van der Waals surface area (Å²) < 4.78 is 5.50. The summed E-state index contributed by atoms with van der Waals surface area (Å²) in [5.41, 5.74) is 2.01. The second-order valence-corrected chi connectivity index (χ2v) is 9.45. The van der Waals surface area contributed by atoms with E-state index in [1.54, 1.807) is 31.5 Å². The van der Waals surface area contributed by atoms with Crippen molar-refractivity contribution >= 4 is 30.1 Å². The fraction of sp³-hybridized carbons (Fsp3) is 0.433. The molecular formula is C30H40N8O3. The van der Waals surface area contributed by atoms with Crippen molar-refractivity contribution in [2.45, 2.75) is 12.8 Å². The monoisotopic (exact) mass is 560 g/mol. The van der Waals surface area contributed by atoms with Crippen LogP contribution in [-0.4, -0.2) is 113 Å². The number of hydrogen-bond acceptors (Lipinski definition) is 8. The zero-order chi connectivity index (χ0) is 29.9. The number of likely N-dealkylation sites (N-methyl/N-ethyl adjacent to an activating group) is 2. The van der Waals surface area contributed by atoms with E-state index in [0.29, 0.717) is 69.2 Å². The Morgan fingerprint density at radius 1 is 1.24 bits per heavy atom. The van der Waals surface area contributed by atoms with Gasteiger partial charge >= 0.3 is 0 Å². The third-order valence-corrected chi connectivity index (χ3v) is 5.79. The average Bonchev–Trinajstić information content (AvgIpc) is 2.97. The highest BCUT2D eigenvalue weighted by molar-refractivity contribution is 6.02. The molecule has 0 bridgehead atoms. The first kappa shape index (κ1) is 32.8. The fourth-order valence-corrected chi connectivity index (χ4v) is 3.68. The van der Waals surface area contributed by atoms with Crippen LogP contribution in [0, 0.1) is 23.2 Å². The molecule has 2 amide bonds. The Labute approximate surface area is 243 Å². The van der Waals surface area contributed by atoms with E-state index >= 15 is 0 Å². The normalized spacial score (nSPS) is 13.8. The number of hydrogen-bond donors (Lipinski definition) is 2. The highest BCUT2D eigenvalue weighted by Crippen LogP contribution is 2.11. The molecule has 0 aromatic heterocycles. The molecule has 1 aliphatic heterocycles. The molecule has 1 heterocycles. The number of aliphatic imine (C=N–C) groups is 2. The highest BCUT2D eigenvalue weighted by Gasteiger charge is 2.18. The first-order valence-electron chi connectivity index (χ1n) is 13.4. The molecular weight excluding hydrogens is 520 g/mol. The summed E-state index contributed by atoms with van der Waals surface area (Å²) in [5.74, 6) is 6.57. The number of rotatable bonds is 13. The van der Waals surface area contributed by atoms with Gasteiger partial charge in [-0.15, -0.1) is 0 Å². The minimum Gasteiger partial charge on any atom is -0.378 e. The lowest BCUT2D eigenvalue weighted by molar-refractivity contribution is -0.131. The Bertz CT molecular complexity index is 1210. The summed E-state index contributed by atoms with van der Waals surface area (Å²) in [7, 11) is 5.43. The number of carbonyl (C=O) groups is 2. The first-order valence-corrected chi connectivity index (χ1v) is 13.4. The predicted molar refractivity (Wildman–Crippen MR) is 162 cm³/mol. The van der Waals surface area contributed by atoms with E-state index in [-0.39, 0.29) is 25.0 Å². The number of nitriles is 1. The summed E-state index contributed by atoms with van der Waals surface area (Å²) in [5, 5.41) is 15.2. The van der Waals surface area contributed by atoms with Crippen molar-refractivity contribution in [2.75, 3.05) is 79.1 Å². The van der Waals surface area contributed by atoms with Gasteiger partial charge < -0.3 is 30.1 Å². The summed E-state index contributed by atoms with van der Waals surface area (Å²) in [6, 6.07) is 9.34. The van der Waals surface area contributed by atoms with Crippen molar-refractivity contribution in [3.8, 4) is 17.9 Å². The van der Waals surface area contributed by atoms with Crippen LogP contribution in [-0.2, 0) is 14.3 Å². The number of benzene rings is 1. The van der Waals surface area contributed by atoms with Gasteiger partial charge in [-0.05, 0) is 45.4 Å². The van der Waals surface area contributed by atoms with E-state index in [4.69, 9.17) is 15.0 Å². The standard InChI is InChI=1S/C30H40N8O3/c1-32-22-26(11-6-5-7-14-33-28(39)23-37(4)29(40)13-9-15-36(2)3)30(38-16-18-41-19-17-38)35-24-34-27-12-8-10-25(20-27)21-31/h8-10,12-13,20,22,34H,1,5,7,14-19,23-24H2,2-4H3,(H,33,39)/b13-9+,26-22-,35-30+. The van der Waals surface area contributed by atoms with Gasteiger partial charge in [-0.2, -0.15) is 5.26 Å². The van der Waals surface area contributed by atoms with E-state index in [2.05, 4.69) is 45.2 Å². The van der Waals surface area contributed by atoms with Crippen LogP contribution in [0.25, 0.3) is 0 Å². The molecule has 2 N–H and O–H groups in total. The minimum atomic E-state index is -0.221. The molecule has 1 aromatic rings. The Kier molecular flexibility index (Phi) is 15.0. The minimum absolute atomic E-state index is 0.0110. The van der Waals surface area contributed by atoms with E-state index in [9.17, 15) is 9.59 Å². The summed E-state index contributed by atoms with van der Waals surface area (Å²) in [6.07, 6.45) is 6.03. The van der Waals surface area contributed by atoms with Crippen molar-refractivity contribution in [3.63, 3.8) is 0 Å². The van der Waals surface area contributed by atoms with Crippen LogP contribution < -0.4 is 10.6 Å². The number of nitrogens with zero attached hydrogens (tertiary/aromatic N) is 6. The van der Waals surface area contributed by atoms with E-state index in [0.717, 1.165) is 5.69 Å². The quantitative estimate of drug-likeness (QED) is 0.124. The van der Waals surface area contributed by atoms with Crippen molar-refractivity contribution in [2.24, 2.45) is 9.98 Å². The van der Waals surface area contributed by atoms with Crippen LogP contribution in [0.2, 0.25) is 0 Å². The Hall–Kier alpha value is -4.45. The number of anilines is 1. The number of ether oxygens (including phenoxy) is 1. The van der Waals surface area contributed by atoms with Crippen molar-refractivity contribution in [1.82, 2.24) is 20.0 Å². The van der Waals surface area contributed by atoms with Crippen LogP contribution in [0.5, 0.6) is 0 Å². The molecule has 2 rings (SSSR count). The van der Waals surface area contributed by atoms with Gasteiger partial charge in [-0.1, -0.05) is 24.0 Å². The third-order valence-electron chi connectivity index (χ3n) is 5.79. The molecule has 1 saturated heterocycles. The number of carbonyl (C=O) groups excluding carboxylic acids is 2. The zero-order valence-electron chi connectivity index (χ0n) is 24.2. The van der Waals surface area contributed by atoms with Crippen LogP contribution in [0.1, 0.15) is 18.4 Å². The second-order valence-electron chi connectivity index (χ2n) is 9.45. The number of amides is 2. The molecule has 1 fully saturated rings. The average molecular weight is 561 g/mol. The molecule has 1 aromatic carbocycles. The Morgan fingerprint density at radius 2 is 2.02 bits per heavy atom. The van der Waals surface area contributed by atoms with E-state index in [1.807, 2.05) is 31.1 Å². The fourth-order valence-electron chi connectivity index (χ4n) is 3.68. The smallest absolute Gasteiger partial charge is 0.246 e. The molecule has 0 aliphatic carbocycles. The number of amidine groups is 1. The van der Waals surface area contributed by atoms with Crippen LogP contribution in [0.15, 0.2) is 58.2 Å². The van der Waals surface area contributed by atoms with Gasteiger partial charge in [0.25, 0.3) is 0 Å². The molecule has 11 nitrogen and oxygen atoms in total. The van der Waals surface area contributed by atoms with Crippen molar-refractivity contribution in [3.05, 3.63) is 53.8 Å². The molecule has 218 valence electrons. The van der Waals surface area contributed by atoms with Crippen molar-refractivity contribution < 1.29 is 14.3 Å². The zero-order valence-corrected chi connectivity index (χ0v) is 24.2. The Balaban J connectivity index is 1.92. The van der Waals surface area contributed by atoms with Crippen molar-refractivity contribution in [1.29, 1.82) is 5.26 Å². The first-order chi connectivity index (χ1) is 19.8. The van der Waals surface area contributed by atoms with Gasteiger partial charge in [0.1, 0.15) is 12.5 Å². The largest absolute Gasteiger partial charge is 0.378 e. The Morgan fingerprint density at radius 3 is 2.73 bits per heavy atom.